The third kappa shape index (κ3) is 3.49. The Hall–Kier alpha value is -0.570. The quantitative estimate of drug-likeness (QED) is 0.887. The molecule has 1 aromatic rings. The maximum atomic E-state index is 11.6. The number of hydrogen-bond acceptors (Lipinski definition) is 2. The predicted molar refractivity (Wildman–Crippen MR) is 63.4 cm³/mol. The Kier molecular flexibility index (Phi) is 4.58. The van der Waals surface area contributed by atoms with Gasteiger partial charge in [-0.2, -0.15) is 0 Å². The first kappa shape index (κ1) is 12.5. The van der Waals surface area contributed by atoms with Crippen LogP contribution in [0.2, 0.25) is 10.0 Å². The SMILES string of the molecule is CCC(N)C(=O)Cc1ccc(Cl)cc1Cl. The molecular weight excluding hydrogens is 233 g/mol. The van der Waals surface area contributed by atoms with Crippen LogP contribution in [0, 0.1) is 0 Å². The molecule has 0 spiro atoms. The molecule has 2 nitrogen and oxygen atoms in total. The van der Waals surface area contributed by atoms with E-state index in [0.29, 0.717) is 16.5 Å². The molecule has 4 heteroatoms. The van der Waals surface area contributed by atoms with E-state index in [1.54, 1.807) is 18.2 Å². The number of benzene rings is 1. The van der Waals surface area contributed by atoms with Crippen molar-refractivity contribution in [3.63, 3.8) is 0 Å². The topological polar surface area (TPSA) is 43.1 Å². The number of halogens is 2. The molecule has 0 heterocycles. The number of hydrogen-bond donors (Lipinski definition) is 1. The van der Waals surface area contributed by atoms with Crippen LogP contribution in [0.25, 0.3) is 0 Å². The third-order valence-electron chi connectivity index (χ3n) is 2.23. The van der Waals surface area contributed by atoms with Crippen LogP contribution in [-0.4, -0.2) is 11.8 Å². The molecule has 0 saturated carbocycles. The van der Waals surface area contributed by atoms with Gasteiger partial charge in [-0.1, -0.05) is 36.2 Å². The largest absolute Gasteiger partial charge is 0.322 e. The van der Waals surface area contributed by atoms with Crippen molar-refractivity contribution in [2.24, 2.45) is 5.73 Å². The van der Waals surface area contributed by atoms with E-state index in [1.165, 1.54) is 0 Å². The van der Waals surface area contributed by atoms with Crippen LogP contribution >= 0.6 is 23.2 Å². The van der Waals surface area contributed by atoms with Gasteiger partial charge in [0.1, 0.15) is 0 Å². The maximum Gasteiger partial charge on any atom is 0.153 e. The van der Waals surface area contributed by atoms with Crippen molar-refractivity contribution in [2.75, 3.05) is 0 Å². The minimum absolute atomic E-state index is 0.00159. The fourth-order valence-corrected chi connectivity index (χ4v) is 1.69. The number of carbonyl (C=O) groups is 1. The molecule has 0 amide bonds. The Morgan fingerprint density at radius 1 is 1.47 bits per heavy atom. The van der Waals surface area contributed by atoms with Crippen LogP contribution in [0.1, 0.15) is 18.9 Å². The highest BCUT2D eigenvalue weighted by atomic mass is 35.5. The number of rotatable bonds is 4. The summed E-state index contributed by atoms with van der Waals surface area (Å²) < 4.78 is 0. The Bertz CT molecular complexity index is 366. The average molecular weight is 246 g/mol. The molecule has 0 saturated heterocycles. The summed E-state index contributed by atoms with van der Waals surface area (Å²) in [6.45, 7) is 1.88. The van der Waals surface area contributed by atoms with Crippen molar-refractivity contribution in [1.82, 2.24) is 0 Å². The van der Waals surface area contributed by atoms with Crippen LogP contribution in [0.3, 0.4) is 0 Å². The molecule has 1 unspecified atom stereocenters. The summed E-state index contributed by atoms with van der Waals surface area (Å²) in [4.78, 5) is 11.6. The normalized spacial score (nSPS) is 12.5. The van der Waals surface area contributed by atoms with Crippen molar-refractivity contribution in [3.05, 3.63) is 33.8 Å². The van der Waals surface area contributed by atoms with Crippen molar-refractivity contribution in [1.29, 1.82) is 0 Å². The molecule has 1 atom stereocenters. The van der Waals surface area contributed by atoms with Gasteiger partial charge in [-0.15, -0.1) is 0 Å². The van der Waals surface area contributed by atoms with Gasteiger partial charge in [0.15, 0.2) is 5.78 Å². The fraction of sp³-hybridized carbons (Fsp3) is 0.364. The lowest BCUT2D eigenvalue weighted by Crippen LogP contribution is -2.30. The summed E-state index contributed by atoms with van der Waals surface area (Å²) in [5.74, 6) is 0.00159. The van der Waals surface area contributed by atoms with Gasteiger partial charge in [-0.25, -0.2) is 0 Å². The summed E-state index contributed by atoms with van der Waals surface area (Å²) in [7, 11) is 0. The van der Waals surface area contributed by atoms with Crippen LogP contribution < -0.4 is 5.73 Å². The van der Waals surface area contributed by atoms with Gasteiger partial charge in [0.25, 0.3) is 0 Å². The van der Waals surface area contributed by atoms with Gasteiger partial charge in [-0.3, -0.25) is 4.79 Å². The van der Waals surface area contributed by atoms with Crippen molar-refractivity contribution in [2.45, 2.75) is 25.8 Å². The summed E-state index contributed by atoms with van der Waals surface area (Å²) in [5.41, 5.74) is 6.40. The molecule has 1 aromatic carbocycles. The summed E-state index contributed by atoms with van der Waals surface area (Å²) in [6.07, 6.45) is 0.912. The van der Waals surface area contributed by atoms with Gasteiger partial charge in [0.05, 0.1) is 6.04 Å². The minimum atomic E-state index is -0.406. The first-order valence-electron chi connectivity index (χ1n) is 4.76. The first-order chi connectivity index (χ1) is 7.04. The van der Waals surface area contributed by atoms with E-state index < -0.39 is 6.04 Å². The number of carbonyl (C=O) groups excluding carboxylic acids is 1. The maximum absolute atomic E-state index is 11.6. The van der Waals surface area contributed by atoms with Crippen LogP contribution in [-0.2, 0) is 11.2 Å². The molecule has 0 aliphatic rings. The van der Waals surface area contributed by atoms with Crippen molar-refractivity contribution in [3.8, 4) is 0 Å². The first-order valence-corrected chi connectivity index (χ1v) is 5.52. The highest BCUT2D eigenvalue weighted by Crippen LogP contribution is 2.21. The summed E-state index contributed by atoms with van der Waals surface area (Å²) >= 11 is 11.7. The molecule has 0 aromatic heterocycles. The lowest BCUT2D eigenvalue weighted by atomic mass is 10.0. The molecule has 0 aliphatic heterocycles. The Balaban J connectivity index is 2.77. The molecule has 0 bridgehead atoms. The number of ketones is 1. The summed E-state index contributed by atoms with van der Waals surface area (Å²) in [6, 6.07) is 4.69. The molecule has 1 rings (SSSR count). The second-order valence-corrected chi connectivity index (χ2v) is 4.24. The van der Waals surface area contributed by atoms with E-state index >= 15 is 0 Å². The highest BCUT2D eigenvalue weighted by molar-refractivity contribution is 6.35. The summed E-state index contributed by atoms with van der Waals surface area (Å²) in [5, 5.41) is 1.08. The minimum Gasteiger partial charge on any atom is -0.322 e. The zero-order chi connectivity index (χ0) is 11.4. The van der Waals surface area contributed by atoms with E-state index in [9.17, 15) is 4.79 Å². The molecule has 0 radical (unpaired) electrons. The van der Waals surface area contributed by atoms with Crippen molar-refractivity contribution < 1.29 is 4.79 Å². The van der Waals surface area contributed by atoms with E-state index in [0.717, 1.165) is 5.56 Å². The Morgan fingerprint density at radius 3 is 2.67 bits per heavy atom. The molecule has 2 N–H and O–H groups in total. The van der Waals surface area contributed by atoms with Gasteiger partial charge in [-0.05, 0) is 24.1 Å². The second kappa shape index (κ2) is 5.50. The molecule has 15 heavy (non-hydrogen) atoms. The van der Waals surface area contributed by atoms with Gasteiger partial charge < -0.3 is 5.73 Å². The molecule has 0 aliphatic carbocycles. The zero-order valence-corrected chi connectivity index (χ0v) is 9.98. The van der Waals surface area contributed by atoms with E-state index in [4.69, 9.17) is 28.9 Å². The van der Waals surface area contributed by atoms with E-state index in [1.807, 2.05) is 6.92 Å². The zero-order valence-electron chi connectivity index (χ0n) is 8.47. The van der Waals surface area contributed by atoms with Crippen LogP contribution in [0.4, 0.5) is 0 Å². The Morgan fingerprint density at radius 2 is 2.13 bits per heavy atom. The lowest BCUT2D eigenvalue weighted by Gasteiger charge is -2.08. The van der Waals surface area contributed by atoms with E-state index in [2.05, 4.69) is 0 Å². The predicted octanol–water partition coefficient (Wildman–Crippen LogP) is 2.84. The Labute approximate surface area is 99.4 Å². The standard InChI is InChI=1S/C11H13Cl2NO/c1-2-10(14)11(15)5-7-3-4-8(12)6-9(7)13/h3-4,6,10H,2,5,14H2,1H3. The molecular formula is C11H13Cl2NO. The van der Waals surface area contributed by atoms with Gasteiger partial charge in [0.2, 0.25) is 0 Å². The molecule has 0 fully saturated rings. The lowest BCUT2D eigenvalue weighted by molar-refractivity contribution is -0.119. The fourth-order valence-electron chi connectivity index (χ4n) is 1.21. The number of Topliss-reactive ketones (excluding diaryl/α,β-unsaturated/α-hetero) is 1. The van der Waals surface area contributed by atoms with Gasteiger partial charge >= 0.3 is 0 Å². The van der Waals surface area contributed by atoms with Gasteiger partial charge in [0, 0.05) is 16.5 Å². The van der Waals surface area contributed by atoms with Crippen LogP contribution in [0.5, 0.6) is 0 Å². The molecule has 82 valence electrons. The third-order valence-corrected chi connectivity index (χ3v) is 2.82. The highest BCUT2D eigenvalue weighted by Gasteiger charge is 2.13. The average Bonchev–Trinajstić information content (AvgIpc) is 2.20. The van der Waals surface area contributed by atoms with E-state index in [-0.39, 0.29) is 12.2 Å². The van der Waals surface area contributed by atoms with Crippen LogP contribution in [0.15, 0.2) is 18.2 Å². The van der Waals surface area contributed by atoms with Crippen molar-refractivity contribution >= 4 is 29.0 Å². The second-order valence-electron chi connectivity index (χ2n) is 3.39. The smallest absolute Gasteiger partial charge is 0.153 e. The monoisotopic (exact) mass is 245 g/mol. The number of nitrogens with two attached hydrogens (primary N) is 1.